The second kappa shape index (κ2) is 9.07. The van der Waals surface area contributed by atoms with Gasteiger partial charge in [-0.15, -0.1) is 0 Å². The molecule has 0 aromatic heterocycles. The molecule has 4 rings (SSSR count). The van der Waals surface area contributed by atoms with Gasteiger partial charge in [-0.05, 0) is 79.8 Å². The average molecular weight is 494 g/mol. The van der Waals surface area contributed by atoms with Crippen molar-refractivity contribution in [1.82, 2.24) is 5.32 Å². The number of amides is 1. The van der Waals surface area contributed by atoms with E-state index in [2.05, 4.69) is 19.2 Å². The molecule has 4 aliphatic rings. The van der Waals surface area contributed by atoms with E-state index in [1.807, 2.05) is 6.92 Å². The Labute approximate surface area is 206 Å². The molecule has 0 aromatic rings. The molecule has 2 unspecified atom stereocenters. The van der Waals surface area contributed by atoms with Crippen LogP contribution in [-0.4, -0.2) is 35.3 Å². The molecule has 0 spiro atoms. The van der Waals surface area contributed by atoms with Crippen molar-refractivity contribution in [3.05, 3.63) is 22.4 Å². The number of Topliss-reactive ketones (excluding diaryl/α,β-unsaturated/α-hetero) is 2. The summed E-state index contributed by atoms with van der Waals surface area (Å²) >= 11 is 6.15. The van der Waals surface area contributed by atoms with Gasteiger partial charge in [-0.1, -0.05) is 45.2 Å². The summed E-state index contributed by atoms with van der Waals surface area (Å²) in [6.45, 7) is 8.48. The molecule has 0 saturated heterocycles. The highest BCUT2D eigenvalue weighted by atomic mass is 35.5. The molecule has 0 aliphatic heterocycles. The van der Waals surface area contributed by atoms with Crippen LogP contribution in [0.15, 0.2) is 22.4 Å². The number of rotatable bonds is 6. The molecule has 0 aromatic carbocycles. The fourth-order valence-corrected chi connectivity index (χ4v) is 8.31. The van der Waals surface area contributed by atoms with Gasteiger partial charge in [0.1, 0.15) is 17.0 Å². The van der Waals surface area contributed by atoms with Gasteiger partial charge in [0.15, 0.2) is 5.78 Å². The van der Waals surface area contributed by atoms with Crippen molar-refractivity contribution in [2.75, 3.05) is 6.54 Å². The number of halogens is 2. The Morgan fingerprint density at radius 2 is 1.94 bits per heavy atom. The fourth-order valence-electron chi connectivity index (χ4n) is 8.06. The standard InChI is InChI=1S/C27H37ClFNO4/c1-5-6-7-10-30-25(34)23(32)21-14(2)11-17-15-12-19(29)18-13-20(31)22(28)24(33)27(18,4)16(15)8-9-26(17,21)3/h13-17,19,21,31H,5-12H2,1-4H3,(H,30,34)/t14?,15-,16+,17+,19?,21-,26+,27-/m1/s1. The van der Waals surface area contributed by atoms with Crippen LogP contribution in [0.25, 0.3) is 0 Å². The Morgan fingerprint density at radius 1 is 1.24 bits per heavy atom. The Bertz CT molecular complexity index is 960. The van der Waals surface area contributed by atoms with Gasteiger partial charge in [0, 0.05) is 12.5 Å². The maximum absolute atomic E-state index is 15.5. The smallest absolute Gasteiger partial charge is 0.287 e. The molecule has 34 heavy (non-hydrogen) atoms. The van der Waals surface area contributed by atoms with Crippen molar-refractivity contribution in [3.8, 4) is 0 Å². The van der Waals surface area contributed by atoms with Crippen LogP contribution in [0.3, 0.4) is 0 Å². The molecule has 3 saturated carbocycles. The van der Waals surface area contributed by atoms with E-state index in [0.717, 1.165) is 25.7 Å². The number of nitrogens with one attached hydrogen (secondary N) is 1. The van der Waals surface area contributed by atoms with E-state index in [1.54, 1.807) is 6.92 Å². The van der Waals surface area contributed by atoms with Gasteiger partial charge >= 0.3 is 0 Å². The summed E-state index contributed by atoms with van der Waals surface area (Å²) in [6, 6.07) is 0. The van der Waals surface area contributed by atoms with Gasteiger partial charge in [0.25, 0.3) is 5.91 Å². The molecule has 3 fully saturated rings. The van der Waals surface area contributed by atoms with Crippen LogP contribution in [0.5, 0.6) is 0 Å². The number of aliphatic hydroxyl groups excluding tert-OH is 1. The predicted octanol–water partition coefficient (Wildman–Crippen LogP) is 5.43. The van der Waals surface area contributed by atoms with E-state index >= 15 is 4.39 Å². The van der Waals surface area contributed by atoms with E-state index < -0.39 is 34.6 Å². The first kappa shape index (κ1) is 25.4. The molecule has 188 valence electrons. The first-order valence-corrected chi connectivity index (χ1v) is 13.2. The third kappa shape index (κ3) is 3.66. The summed E-state index contributed by atoms with van der Waals surface area (Å²) in [5.41, 5.74) is -1.17. The third-order valence-electron chi connectivity index (χ3n) is 9.70. The predicted molar refractivity (Wildman–Crippen MR) is 129 cm³/mol. The van der Waals surface area contributed by atoms with Gasteiger partial charge in [0.2, 0.25) is 5.78 Å². The summed E-state index contributed by atoms with van der Waals surface area (Å²) in [5, 5.41) is 12.7. The average Bonchev–Trinajstić information content (AvgIpc) is 3.07. The van der Waals surface area contributed by atoms with Crippen molar-refractivity contribution in [2.24, 2.45) is 40.4 Å². The Morgan fingerprint density at radius 3 is 2.62 bits per heavy atom. The fraction of sp³-hybridized carbons (Fsp3) is 0.741. The van der Waals surface area contributed by atoms with Crippen LogP contribution < -0.4 is 5.32 Å². The highest BCUT2D eigenvalue weighted by Crippen LogP contribution is 2.67. The molecule has 0 bridgehead atoms. The number of carbonyl (C=O) groups excluding carboxylic acids is 3. The van der Waals surface area contributed by atoms with Crippen molar-refractivity contribution < 1.29 is 23.9 Å². The van der Waals surface area contributed by atoms with Gasteiger partial charge in [-0.25, -0.2) is 4.39 Å². The Hall–Kier alpha value is -1.69. The van der Waals surface area contributed by atoms with Crippen molar-refractivity contribution >= 4 is 29.1 Å². The van der Waals surface area contributed by atoms with Crippen LogP contribution in [0.4, 0.5) is 4.39 Å². The highest BCUT2D eigenvalue weighted by Gasteiger charge is 2.65. The van der Waals surface area contributed by atoms with Crippen molar-refractivity contribution in [1.29, 1.82) is 0 Å². The second-order valence-electron chi connectivity index (χ2n) is 11.5. The zero-order valence-electron chi connectivity index (χ0n) is 20.6. The normalized spacial score (nSPS) is 41.4. The van der Waals surface area contributed by atoms with E-state index in [-0.39, 0.29) is 46.7 Å². The van der Waals surface area contributed by atoms with Crippen LogP contribution in [-0.2, 0) is 14.4 Å². The van der Waals surface area contributed by atoms with Gasteiger partial charge < -0.3 is 10.4 Å². The summed E-state index contributed by atoms with van der Waals surface area (Å²) < 4.78 is 15.5. The molecular weight excluding hydrogens is 457 g/mol. The summed E-state index contributed by atoms with van der Waals surface area (Å²) in [4.78, 5) is 39.3. The lowest BCUT2D eigenvalue weighted by molar-refractivity contribution is -0.146. The van der Waals surface area contributed by atoms with Gasteiger partial charge in [-0.3, -0.25) is 14.4 Å². The summed E-state index contributed by atoms with van der Waals surface area (Å²) in [5.74, 6) is -2.15. The number of allylic oxidation sites excluding steroid dienone is 3. The molecule has 8 atom stereocenters. The molecule has 0 radical (unpaired) electrons. The zero-order valence-corrected chi connectivity index (χ0v) is 21.4. The molecule has 2 N–H and O–H groups in total. The van der Waals surface area contributed by atoms with Gasteiger partial charge in [-0.2, -0.15) is 0 Å². The van der Waals surface area contributed by atoms with Crippen LogP contribution >= 0.6 is 11.6 Å². The number of fused-ring (bicyclic) bond motifs is 5. The molecule has 0 heterocycles. The van der Waals surface area contributed by atoms with Crippen LogP contribution in [0.1, 0.15) is 72.6 Å². The number of alkyl halides is 1. The highest BCUT2D eigenvalue weighted by molar-refractivity contribution is 6.44. The number of hydrogen-bond acceptors (Lipinski definition) is 4. The van der Waals surface area contributed by atoms with E-state index in [9.17, 15) is 19.5 Å². The minimum absolute atomic E-state index is 0.0139. The molecule has 4 aliphatic carbocycles. The lowest BCUT2D eigenvalue weighted by atomic mass is 9.46. The van der Waals surface area contributed by atoms with Crippen LogP contribution in [0, 0.1) is 40.4 Å². The second-order valence-corrected chi connectivity index (χ2v) is 11.9. The van der Waals surface area contributed by atoms with Crippen molar-refractivity contribution in [2.45, 2.75) is 78.8 Å². The molecule has 5 nitrogen and oxygen atoms in total. The SMILES string of the molecule is CCCCCNC(=O)C(=O)[C@H]1C(C)C[C@H]2[C@@H]3CC(F)C4=CC(O)=C(Cl)C(=O)[C@]4(C)[C@H]3CC[C@]12C. The number of carbonyl (C=O) groups is 3. The zero-order chi connectivity index (χ0) is 25.0. The minimum atomic E-state index is -1.35. The lowest BCUT2D eigenvalue weighted by Crippen LogP contribution is -2.56. The Kier molecular flexibility index (Phi) is 6.78. The third-order valence-corrected chi connectivity index (χ3v) is 10.1. The minimum Gasteiger partial charge on any atom is -0.506 e. The number of ketones is 2. The topological polar surface area (TPSA) is 83.5 Å². The monoisotopic (exact) mass is 493 g/mol. The number of unbranched alkanes of at least 4 members (excludes halogenated alkanes) is 2. The number of hydrogen-bond donors (Lipinski definition) is 2. The largest absolute Gasteiger partial charge is 0.506 e. The maximum Gasteiger partial charge on any atom is 0.287 e. The quantitative estimate of drug-likeness (QED) is 0.381. The van der Waals surface area contributed by atoms with E-state index in [1.165, 1.54) is 6.08 Å². The first-order valence-electron chi connectivity index (χ1n) is 12.8. The van der Waals surface area contributed by atoms with E-state index in [4.69, 9.17) is 11.6 Å². The Balaban J connectivity index is 1.60. The maximum atomic E-state index is 15.5. The summed E-state index contributed by atoms with van der Waals surface area (Å²) in [6.07, 6.45) is 5.26. The number of aliphatic hydroxyl groups is 1. The van der Waals surface area contributed by atoms with Crippen molar-refractivity contribution in [3.63, 3.8) is 0 Å². The van der Waals surface area contributed by atoms with Gasteiger partial charge in [0.05, 0.1) is 5.41 Å². The molecule has 7 heteroatoms. The van der Waals surface area contributed by atoms with Crippen LogP contribution in [0.2, 0.25) is 0 Å². The lowest BCUT2D eigenvalue weighted by Gasteiger charge is -2.57. The van der Waals surface area contributed by atoms with E-state index in [0.29, 0.717) is 25.0 Å². The molecule has 1 amide bonds. The molecular formula is C27H37ClFNO4. The first-order chi connectivity index (χ1) is 16.0. The summed E-state index contributed by atoms with van der Waals surface area (Å²) in [7, 11) is 0.